The Kier molecular flexibility index (Phi) is 10.3. The number of rotatable bonds is 10. The van der Waals surface area contributed by atoms with Crippen molar-refractivity contribution in [2.75, 3.05) is 24.6 Å². The van der Waals surface area contributed by atoms with Crippen molar-refractivity contribution in [3.8, 4) is 0 Å². The van der Waals surface area contributed by atoms with Gasteiger partial charge in [0.25, 0.3) is 5.91 Å². The zero-order valence-electron chi connectivity index (χ0n) is 24.6. The lowest BCUT2D eigenvalue weighted by atomic mass is 9.85. The number of Topliss-reactive ketones (excluding diaryl/α,β-unsaturated/α-hetero) is 1. The summed E-state index contributed by atoms with van der Waals surface area (Å²) in [4.78, 5) is 67.8. The van der Waals surface area contributed by atoms with Gasteiger partial charge in [0.1, 0.15) is 12.1 Å². The second-order valence-electron chi connectivity index (χ2n) is 13.0. The summed E-state index contributed by atoms with van der Waals surface area (Å²) in [6.45, 7) is 15.3. The molecule has 0 aromatic heterocycles. The van der Waals surface area contributed by atoms with Crippen LogP contribution in [-0.4, -0.2) is 86.8 Å². The first-order valence-electron chi connectivity index (χ1n) is 14.0. The van der Waals surface area contributed by atoms with Crippen LogP contribution in [0.15, 0.2) is 12.7 Å². The van der Waals surface area contributed by atoms with Crippen LogP contribution in [0, 0.1) is 11.3 Å². The van der Waals surface area contributed by atoms with Crippen LogP contribution in [0.4, 0.5) is 4.79 Å². The second-order valence-corrected chi connectivity index (χ2v) is 16.3. The van der Waals surface area contributed by atoms with Gasteiger partial charge in [0.15, 0.2) is 0 Å². The third-order valence-electron chi connectivity index (χ3n) is 7.10. The molecule has 1 spiro atoms. The van der Waals surface area contributed by atoms with Gasteiger partial charge in [-0.1, -0.05) is 39.7 Å². The fraction of sp³-hybridized carbons (Fsp3) is 0.750. The maximum absolute atomic E-state index is 14.1. The first kappa shape index (κ1) is 32.3. The molecule has 0 radical (unpaired) electrons. The Bertz CT molecular complexity index is 1010. The van der Waals surface area contributed by atoms with Gasteiger partial charge in [-0.15, -0.1) is 30.1 Å². The lowest BCUT2D eigenvalue weighted by molar-refractivity contribution is -0.143. The van der Waals surface area contributed by atoms with Crippen LogP contribution in [-0.2, 0) is 19.2 Å². The second kappa shape index (κ2) is 12.8. The maximum Gasteiger partial charge on any atom is 0.315 e. The molecule has 1 saturated carbocycles. The van der Waals surface area contributed by atoms with Crippen molar-refractivity contribution in [2.45, 2.75) is 95.0 Å². The molecule has 3 fully saturated rings. The lowest BCUT2D eigenvalue weighted by Crippen LogP contribution is -2.61. The molecule has 2 saturated heterocycles. The van der Waals surface area contributed by atoms with Gasteiger partial charge < -0.3 is 26.2 Å². The van der Waals surface area contributed by atoms with E-state index in [-0.39, 0.29) is 22.4 Å². The van der Waals surface area contributed by atoms with E-state index >= 15 is 0 Å². The predicted octanol–water partition coefficient (Wildman–Crippen LogP) is 2.43. The number of ketones is 1. The van der Waals surface area contributed by atoms with Crippen LogP contribution < -0.4 is 21.3 Å². The van der Waals surface area contributed by atoms with Crippen LogP contribution in [0.2, 0.25) is 0 Å². The summed E-state index contributed by atoms with van der Waals surface area (Å²) >= 11 is 3.49. The fourth-order valence-electron chi connectivity index (χ4n) is 4.93. The highest BCUT2D eigenvalue weighted by Gasteiger charge is 2.53. The number of likely N-dealkylation sites (tertiary alicyclic amines) is 1. The zero-order valence-corrected chi connectivity index (χ0v) is 26.2. The summed E-state index contributed by atoms with van der Waals surface area (Å²) in [6, 6.07) is -3.13. The fourth-order valence-corrected chi connectivity index (χ4v) is 8.19. The third-order valence-corrected chi connectivity index (χ3v) is 10.5. The van der Waals surface area contributed by atoms with E-state index < -0.39 is 52.7 Å². The van der Waals surface area contributed by atoms with Crippen molar-refractivity contribution >= 4 is 53.1 Å². The molecule has 1 unspecified atom stereocenters. The summed E-state index contributed by atoms with van der Waals surface area (Å²) in [6.07, 6.45) is 4.21. The lowest BCUT2D eigenvalue weighted by Gasteiger charge is -2.36. The van der Waals surface area contributed by atoms with E-state index in [1.807, 2.05) is 41.5 Å². The molecule has 4 N–H and O–H groups in total. The van der Waals surface area contributed by atoms with Gasteiger partial charge in [0.2, 0.25) is 17.6 Å². The molecule has 3 rings (SSSR count). The molecule has 3 aliphatic rings. The maximum atomic E-state index is 14.1. The van der Waals surface area contributed by atoms with Gasteiger partial charge in [-0.25, -0.2) is 4.79 Å². The number of hydrogen-bond acceptors (Lipinski definition) is 7. The number of urea groups is 1. The van der Waals surface area contributed by atoms with Gasteiger partial charge >= 0.3 is 6.03 Å². The highest BCUT2D eigenvalue weighted by Crippen LogP contribution is 2.52. The van der Waals surface area contributed by atoms with E-state index in [1.54, 1.807) is 28.4 Å². The van der Waals surface area contributed by atoms with Crippen LogP contribution in [0.25, 0.3) is 0 Å². The molecule has 3 atom stereocenters. The topological polar surface area (TPSA) is 137 Å². The predicted molar refractivity (Wildman–Crippen MR) is 160 cm³/mol. The number of nitrogens with zero attached hydrogens (tertiary/aromatic N) is 1. The average Bonchev–Trinajstić information content (AvgIpc) is 3.41. The SMILES string of the molecule is C=CCNC(=O)C(=O)C(CC1CC1)NC(=O)[C@@H]1CC2(CN1C(=O)[C@@H](NC(=O)NC(C)(C)C)C(C)(C)C)SCCS2. The smallest absolute Gasteiger partial charge is 0.315 e. The van der Waals surface area contributed by atoms with Crippen LogP contribution >= 0.6 is 23.5 Å². The van der Waals surface area contributed by atoms with Gasteiger partial charge in [-0.3, -0.25) is 19.2 Å². The molecular formula is C28H45N5O5S2. The molecule has 0 bridgehead atoms. The molecule has 12 heteroatoms. The number of nitrogens with one attached hydrogen (secondary N) is 4. The van der Waals surface area contributed by atoms with E-state index in [0.29, 0.717) is 19.4 Å². The minimum absolute atomic E-state index is 0.153. The average molecular weight is 596 g/mol. The van der Waals surface area contributed by atoms with Gasteiger partial charge in [0.05, 0.1) is 10.1 Å². The number of amides is 5. The molecule has 2 aliphatic heterocycles. The first-order valence-corrected chi connectivity index (χ1v) is 15.9. The quantitative estimate of drug-likeness (QED) is 0.225. The number of hydrogen-bond donors (Lipinski definition) is 4. The molecule has 1 aliphatic carbocycles. The molecule has 5 amide bonds. The van der Waals surface area contributed by atoms with Crippen molar-refractivity contribution in [1.29, 1.82) is 0 Å². The van der Waals surface area contributed by atoms with E-state index in [2.05, 4.69) is 27.8 Å². The van der Waals surface area contributed by atoms with Crippen LogP contribution in [0.3, 0.4) is 0 Å². The van der Waals surface area contributed by atoms with Gasteiger partial charge in [0, 0.05) is 36.6 Å². The van der Waals surface area contributed by atoms with Crippen molar-refractivity contribution in [2.24, 2.45) is 11.3 Å². The number of carbonyl (C=O) groups is 5. The van der Waals surface area contributed by atoms with E-state index in [9.17, 15) is 24.0 Å². The van der Waals surface area contributed by atoms with Gasteiger partial charge in [-0.05, 0) is 38.5 Å². The van der Waals surface area contributed by atoms with Crippen molar-refractivity contribution < 1.29 is 24.0 Å². The molecule has 2 heterocycles. The molecular weight excluding hydrogens is 550 g/mol. The summed E-state index contributed by atoms with van der Waals surface area (Å²) < 4.78 is -0.328. The Morgan fingerprint density at radius 2 is 1.65 bits per heavy atom. The van der Waals surface area contributed by atoms with E-state index in [0.717, 1.165) is 24.3 Å². The Morgan fingerprint density at radius 3 is 2.17 bits per heavy atom. The normalized spacial score (nSPS) is 21.9. The monoisotopic (exact) mass is 595 g/mol. The van der Waals surface area contributed by atoms with Crippen molar-refractivity contribution in [1.82, 2.24) is 26.2 Å². The Labute approximate surface area is 246 Å². The summed E-state index contributed by atoms with van der Waals surface area (Å²) in [7, 11) is 0. The Balaban J connectivity index is 1.84. The summed E-state index contributed by atoms with van der Waals surface area (Å²) in [5, 5.41) is 11.0. The van der Waals surface area contributed by atoms with E-state index in [4.69, 9.17) is 0 Å². The van der Waals surface area contributed by atoms with Crippen molar-refractivity contribution in [3.63, 3.8) is 0 Å². The standard InChI is InChI=1S/C28H45N5O5S2/c1-8-11-29-23(36)20(34)18(14-17-9-10-17)30-22(35)19-15-28(39-12-13-40-28)16-33(19)24(37)21(26(2,3)4)31-25(38)32-27(5,6)7/h8,17-19,21H,1,9-16H2,2-7H3,(H,29,36)(H,30,35)(H2,31,32,38)/t18?,19-,21+/m0/s1. The minimum atomic E-state index is -0.962. The first-order chi connectivity index (χ1) is 18.5. The molecule has 0 aromatic carbocycles. The molecule has 10 nitrogen and oxygen atoms in total. The van der Waals surface area contributed by atoms with Crippen LogP contribution in [0.5, 0.6) is 0 Å². The zero-order chi connectivity index (χ0) is 29.9. The van der Waals surface area contributed by atoms with Crippen LogP contribution in [0.1, 0.15) is 67.2 Å². The number of carbonyl (C=O) groups excluding carboxylic acids is 5. The Hall–Kier alpha value is -2.21. The molecule has 0 aromatic rings. The summed E-state index contributed by atoms with van der Waals surface area (Å²) in [5.74, 6) is -0.109. The highest BCUT2D eigenvalue weighted by atomic mass is 32.2. The Morgan fingerprint density at radius 1 is 1.02 bits per heavy atom. The third kappa shape index (κ3) is 8.64. The van der Waals surface area contributed by atoms with Crippen molar-refractivity contribution in [3.05, 3.63) is 12.7 Å². The van der Waals surface area contributed by atoms with Gasteiger partial charge in [-0.2, -0.15) is 0 Å². The minimum Gasteiger partial charge on any atom is -0.346 e. The highest BCUT2D eigenvalue weighted by molar-refractivity contribution is 8.21. The molecule has 40 heavy (non-hydrogen) atoms. The van der Waals surface area contributed by atoms with E-state index in [1.165, 1.54) is 6.08 Å². The molecule has 224 valence electrons. The largest absolute Gasteiger partial charge is 0.346 e. The number of thioether (sulfide) groups is 2. The summed E-state index contributed by atoms with van der Waals surface area (Å²) in [5.41, 5.74) is -1.12.